The number of nitrogens with zero attached hydrogens (tertiary/aromatic N) is 1. The Morgan fingerprint density at radius 2 is 1.58 bits per heavy atom. The molecule has 174 valence electrons. The second-order valence-corrected chi connectivity index (χ2v) is 9.41. The fraction of sp³-hybridized carbons (Fsp3) is 0.680. The number of benzene rings is 1. The molecule has 2 unspecified atom stereocenters. The van der Waals surface area contributed by atoms with E-state index in [1.165, 1.54) is 50.7 Å². The normalized spacial score (nSPS) is 18.4. The van der Waals surface area contributed by atoms with E-state index < -0.39 is 6.04 Å². The molecule has 0 saturated carbocycles. The number of unbranched alkanes of at least 4 members (excludes halogenated alkanes) is 8. The zero-order chi connectivity index (χ0) is 22.5. The first-order valence-electron chi connectivity index (χ1n) is 11.9. The van der Waals surface area contributed by atoms with E-state index in [0.717, 1.165) is 31.2 Å². The fourth-order valence-electron chi connectivity index (χ4n) is 3.89. The largest absolute Gasteiger partial charge is 0.464 e. The third-order valence-electron chi connectivity index (χ3n) is 5.66. The highest BCUT2D eigenvalue weighted by Gasteiger charge is 2.42. The monoisotopic (exact) mass is 451 g/mol. The molecule has 1 aromatic rings. The van der Waals surface area contributed by atoms with Crippen LogP contribution in [0.1, 0.15) is 95.4 Å². The van der Waals surface area contributed by atoms with E-state index in [4.69, 9.17) is 4.74 Å². The summed E-state index contributed by atoms with van der Waals surface area (Å²) in [5.41, 5.74) is 0.845. The average molecular weight is 452 g/mol. The number of carbonyl (C=O) groups excluding carboxylic acids is 2. The number of hydrogen-bond donors (Lipinski definition) is 0. The summed E-state index contributed by atoms with van der Waals surface area (Å²) in [5.74, 6) is -0.146. The van der Waals surface area contributed by atoms with Crippen molar-refractivity contribution in [3.63, 3.8) is 0 Å². The molecule has 4 nitrogen and oxygen atoms in total. The molecule has 1 saturated heterocycles. The lowest BCUT2D eigenvalue weighted by atomic mass is 10.1. The molecule has 1 aliphatic rings. The topological polar surface area (TPSA) is 46.6 Å². The molecule has 1 aliphatic heterocycles. The van der Waals surface area contributed by atoms with Gasteiger partial charge < -0.3 is 9.64 Å². The quantitative estimate of drug-likeness (QED) is 0.235. The Balaban J connectivity index is 1.89. The second-order valence-electron chi connectivity index (χ2n) is 8.30. The minimum Gasteiger partial charge on any atom is -0.464 e. The van der Waals surface area contributed by atoms with E-state index in [1.807, 2.05) is 6.92 Å². The first-order chi connectivity index (χ1) is 15.1. The first kappa shape index (κ1) is 25.7. The molecule has 31 heavy (non-hydrogen) atoms. The highest BCUT2D eigenvalue weighted by atomic mass is 32.2. The third-order valence-corrected chi connectivity index (χ3v) is 6.98. The van der Waals surface area contributed by atoms with Gasteiger partial charge in [-0.2, -0.15) is 0 Å². The van der Waals surface area contributed by atoms with Gasteiger partial charge in [-0.05, 0) is 30.5 Å². The van der Waals surface area contributed by atoms with Crippen LogP contribution in [0, 0.1) is 5.82 Å². The van der Waals surface area contributed by atoms with Crippen molar-refractivity contribution in [2.75, 3.05) is 12.4 Å². The Bertz CT molecular complexity index is 667. The summed E-state index contributed by atoms with van der Waals surface area (Å²) in [6, 6.07) is 5.64. The minimum absolute atomic E-state index is 0.0132. The van der Waals surface area contributed by atoms with Gasteiger partial charge in [0.1, 0.15) is 17.2 Å². The Kier molecular flexibility index (Phi) is 12.0. The van der Waals surface area contributed by atoms with Crippen LogP contribution in [0.15, 0.2) is 24.3 Å². The second kappa shape index (κ2) is 14.5. The van der Waals surface area contributed by atoms with E-state index in [2.05, 4.69) is 6.92 Å². The molecule has 2 rings (SSSR count). The summed E-state index contributed by atoms with van der Waals surface area (Å²) < 4.78 is 18.7. The van der Waals surface area contributed by atoms with Gasteiger partial charge in [0, 0.05) is 12.2 Å². The van der Waals surface area contributed by atoms with E-state index in [1.54, 1.807) is 28.8 Å². The number of rotatable bonds is 14. The summed E-state index contributed by atoms with van der Waals surface area (Å²) in [6.45, 7) is 4.54. The zero-order valence-electron chi connectivity index (χ0n) is 19.1. The van der Waals surface area contributed by atoms with Crippen molar-refractivity contribution in [1.82, 2.24) is 4.90 Å². The minimum atomic E-state index is -0.572. The number of thioether (sulfide) groups is 1. The number of esters is 1. The lowest BCUT2D eigenvalue weighted by molar-refractivity contribution is -0.154. The van der Waals surface area contributed by atoms with Gasteiger partial charge in [-0.25, -0.2) is 9.18 Å². The maximum absolute atomic E-state index is 13.4. The predicted octanol–water partition coefficient (Wildman–Crippen LogP) is 6.64. The van der Waals surface area contributed by atoms with Gasteiger partial charge in [-0.1, -0.05) is 77.3 Å². The molecule has 6 heteroatoms. The predicted molar refractivity (Wildman–Crippen MR) is 125 cm³/mol. The van der Waals surface area contributed by atoms with Crippen LogP contribution < -0.4 is 0 Å². The Morgan fingerprint density at radius 1 is 0.968 bits per heavy atom. The Labute approximate surface area is 191 Å². The van der Waals surface area contributed by atoms with Gasteiger partial charge in [0.15, 0.2) is 0 Å². The van der Waals surface area contributed by atoms with Crippen molar-refractivity contribution < 1.29 is 18.7 Å². The van der Waals surface area contributed by atoms with Crippen molar-refractivity contribution in [1.29, 1.82) is 0 Å². The summed E-state index contributed by atoms with van der Waals surface area (Å²) in [7, 11) is 0. The van der Waals surface area contributed by atoms with Crippen LogP contribution in [0.2, 0.25) is 0 Å². The molecule has 1 fully saturated rings. The smallest absolute Gasteiger partial charge is 0.329 e. The lowest BCUT2D eigenvalue weighted by Gasteiger charge is -2.28. The molecular weight excluding hydrogens is 413 g/mol. The maximum Gasteiger partial charge on any atom is 0.329 e. The van der Waals surface area contributed by atoms with Crippen LogP contribution in [-0.4, -0.2) is 35.2 Å². The standard InChI is InChI=1S/C25H38FNO3S/c1-3-5-6-7-8-9-10-11-12-13-23(28)27-22(25(29)30-18-4-2)19-31-24(27)20-14-16-21(26)17-15-20/h14-17,22,24H,3-13,18-19H2,1-2H3. The van der Waals surface area contributed by atoms with Crippen LogP contribution in [0.5, 0.6) is 0 Å². The number of amides is 1. The molecule has 1 amide bonds. The van der Waals surface area contributed by atoms with Crippen molar-refractivity contribution in [2.24, 2.45) is 0 Å². The molecule has 0 aliphatic carbocycles. The molecule has 0 bridgehead atoms. The molecule has 1 aromatic carbocycles. The molecule has 1 heterocycles. The van der Waals surface area contributed by atoms with E-state index >= 15 is 0 Å². The first-order valence-corrected chi connectivity index (χ1v) is 13.0. The lowest BCUT2D eigenvalue weighted by Crippen LogP contribution is -2.43. The average Bonchev–Trinajstić information content (AvgIpc) is 3.22. The van der Waals surface area contributed by atoms with Crippen LogP contribution in [0.25, 0.3) is 0 Å². The number of carbonyl (C=O) groups is 2. The Morgan fingerprint density at radius 3 is 2.19 bits per heavy atom. The number of hydrogen-bond acceptors (Lipinski definition) is 4. The molecule has 0 radical (unpaired) electrons. The Hall–Kier alpha value is -1.56. The molecule has 0 aromatic heterocycles. The van der Waals surface area contributed by atoms with Crippen molar-refractivity contribution >= 4 is 23.6 Å². The molecular formula is C25H38FNO3S. The van der Waals surface area contributed by atoms with Gasteiger partial charge in [-0.15, -0.1) is 11.8 Å². The highest BCUT2D eigenvalue weighted by Crippen LogP contribution is 2.42. The third kappa shape index (κ3) is 8.47. The van der Waals surface area contributed by atoms with Gasteiger partial charge >= 0.3 is 5.97 Å². The zero-order valence-corrected chi connectivity index (χ0v) is 19.9. The SMILES string of the molecule is CCCCCCCCCCCC(=O)N1C(C(=O)OCCC)CSC1c1ccc(F)cc1. The number of ether oxygens (including phenoxy) is 1. The van der Waals surface area contributed by atoms with Gasteiger partial charge in [0.25, 0.3) is 0 Å². The van der Waals surface area contributed by atoms with E-state index in [-0.39, 0.29) is 23.1 Å². The van der Waals surface area contributed by atoms with Crippen molar-refractivity contribution in [2.45, 2.75) is 95.9 Å². The van der Waals surface area contributed by atoms with Crippen molar-refractivity contribution in [3.05, 3.63) is 35.6 Å². The van der Waals surface area contributed by atoms with Gasteiger partial charge in [0.05, 0.1) is 6.61 Å². The summed E-state index contributed by atoms with van der Waals surface area (Å²) >= 11 is 1.55. The van der Waals surface area contributed by atoms with Crippen LogP contribution in [0.3, 0.4) is 0 Å². The highest BCUT2D eigenvalue weighted by molar-refractivity contribution is 7.99. The van der Waals surface area contributed by atoms with Crippen LogP contribution in [0.4, 0.5) is 4.39 Å². The van der Waals surface area contributed by atoms with Gasteiger partial charge in [-0.3, -0.25) is 4.79 Å². The summed E-state index contributed by atoms with van der Waals surface area (Å²) in [5, 5.41) is -0.272. The number of halogens is 1. The van der Waals surface area contributed by atoms with Crippen LogP contribution >= 0.6 is 11.8 Å². The summed E-state index contributed by atoms with van der Waals surface area (Å²) in [4.78, 5) is 27.4. The van der Waals surface area contributed by atoms with E-state index in [9.17, 15) is 14.0 Å². The molecule has 0 N–H and O–H groups in total. The summed E-state index contributed by atoms with van der Waals surface area (Å²) in [6.07, 6.45) is 11.9. The molecule has 0 spiro atoms. The fourth-order valence-corrected chi connectivity index (χ4v) is 5.33. The van der Waals surface area contributed by atoms with E-state index in [0.29, 0.717) is 18.8 Å². The van der Waals surface area contributed by atoms with Crippen LogP contribution in [-0.2, 0) is 14.3 Å². The van der Waals surface area contributed by atoms with Gasteiger partial charge in [0.2, 0.25) is 5.91 Å². The van der Waals surface area contributed by atoms with Crippen molar-refractivity contribution in [3.8, 4) is 0 Å². The maximum atomic E-state index is 13.4. The molecule has 2 atom stereocenters.